The molecule has 5 atom stereocenters. The lowest BCUT2D eigenvalue weighted by Gasteiger charge is -2.35. The summed E-state index contributed by atoms with van der Waals surface area (Å²) in [6.45, 7) is 0.852. The van der Waals surface area contributed by atoms with Gasteiger partial charge in [-0.25, -0.2) is 0 Å². The van der Waals surface area contributed by atoms with Crippen molar-refractivity contribution in [2.75, 3.05) is 38.3 Å². The van der Waals surface area contributed by atoms with Gasteiger partial charge in [0.25, 0.3) is 5.91 Å². The second-order valence-electron chi connectivity index (χ2n) is 9.27. The van der Waals surface area contributed by atoms with Gasteiger partial charge in [0.2, 0.25) is 5.91 Å². The molecule has 5 rings (SSSR count). The van der Waals surface area contributed by atoms with Gasteiger partial charge in [-0.2, -0.15) is 0 Å². The van der Waals surface area contributed by atoms with E-state index in [4.69, 9.17) is 19.3 Å². The quantitative estimate of drug-likeness (QED) is 0.356. The number of carbonyl (C=O) groups excluding carboxylic acids is 3. The number of rotatable bonds is 7. The molecule has 9 heteroatoms. The highest BCUT2D eigenvalue weighted by atomic mass is 16.6. The van der Waals surface area contributed by atoms with Crippen molar-refractivity contribution in [2.24, 2.45) is 11.8 Å². The van der Waals surface area contributed by atoms with E-state index in [0.29, 0.717) is 43.8 Å². The second kappa shape index (κ2) is 9.47. The van der Waals surface area contributed by atoms with Crippen LogP contribution in [-0.2, 0) is 23.9 Å². The summed E-state index contributed by atoms with van der Waals surface area (Å²) in [7, 11) is 1.58. The van der Waals surface area contributed by atoms with Crippen molar-refractivity contribution < 1.29 is 33.7 Å². The second-order valence-corrected chi connectivity index (χ2v) is 9.27. The fourth-order valence-corrected chi connectivity index (χ4v) is 5.77. The Bertz CT molecular complexity index is 1050. The average Bonchev–Trinajstić information content (AvgIpc) is 3.16. The molecule has 0 aliphatic carbocycles. The topological polar surface area (TPSA) is 106 Å². The molecule has 2 saturated heterocycles. The lowest BCUT2D eigenvalue weighted by molar-refractivity contribution is -0.152. The summed E-state index contributed by atoms with van der Waals surface area (Å²) >= 11 is 0. The summed E-state index contributed by atoms with van der Waals surface area (Å²) in [6.07, 6.45) is 8.47. The Hall–Kier alpha value is -3.17. The highest BCUT2D eigenvalue weighted by Crippen LogP contribution is 2.53. The van der Waals surface area contributed by atoms with Gasteiger partial charge in [-0.05, 0) is 49.6 Å². The van der Waals surface area contributed by atoms with Crippen molar-refractivity contribution in [1.82, 2.24) is 4.90 Å². The SMILES string of the molecule is COc1ccc(N2CC=C[C@]34O[C@H]5C=CCOC(=O)[C@H]5[C@H]3C(=O)N(CCCCCO)C4C2=O)cc1. The minimum atomic E-state index is -1.26. The standard InChI is InChI=1S/C26H30N2O7/c1-33-18-10-8-17(9-11-18)27-14-6-12-26-21(20-19(35-26)7-5-16-34-25(20)32)23(30)28(22(26)24(27)31)13-3-2-4-15-29/h5-12,19-22,29H,2-4,13-16H2,1H3/t19-,20+,21-,22?,26-/m0/s1. The number of aliphatic hydroxyl groups is 1. The average molecular weight is 483 g/mol. The minimum absolute atomic E-state index is 0.0713. The maximum Gasteiger partial charge on any atom is 0.313 e. The third kappa shape index (κ3) is 3.83. The summed E-state index contributed by atoms with van der Waals surface area (Å²) in [4.78, 5) is 44.1. The molecule has 1 aromatic carbocycles. The van der Waals surface area contributed by atoms with Gasteiger partial charge in [-0.15, -0.1) is 0 Å². The molecule has 2 fully saturated rings. The number of nitrogens with zero attached hydrogens (tertiary/aromatic N) is 2. The van der Waals surface area contributed by atoms with E-state index < -0.39 is 35.6 Å². The van der Waals surface area contributed by atoms with Crippen LogP contribution in [0.4, 0.5) is 5.69 Å². The van der Waals surface area contributed by atoms with E-state index in [1.54, 1.807) is 41.2 Å². The maximum absolute atomic E-state index is 14.1. The lowest BCUT2D eigenvalue weighted by Crippen LogP contribution is -2.55. The van der Waals surface area contributed by atoms with E-state index in [9.17, 15) is 14.4 Å². The van der Waals surface area contributed by atoms with Gasteiger partial charge in [0.1, 0.15) is 29.9 Å². The number of esters is 1. The van der Waals surface area contributed by atoms with Crippen molar-refractivity contribution in [3.05, 3.63) is 48.6 Å². The molecule has 1 N–H and O–H groups in total. The molecule has 0 aromatic heterocycles. The van der Waals surface area contributed by atoms with E-state index in [2.05, 4.69) is 0 Å². The fourth-order valence-electron chi connectivity index (χ4n) is 5.77. The monoisotopic (exact) mass is 482 g/mol. The number of hydrogen-bond donors (Lipinski definition) is 1. The molecule has 1 spiro atoms. The van der Waals surface area contributed by atoms with Crippen LogP contribution >= 0.6 is 0 Å². The van der Waals surface area contributed by atoms with E-state index in [-0.39, 0.29) is 25.0 Å². The predicted octanol–water partition coefficient (Wildman–Crippen LogP) is 1.45. The zero-order chi connectivity index (χ0) is 24.6. The Labute approximate surface area is 203 Å². The molecule has 0 bridgehead atoms. The Balaban J connectivity index is 1.54. The Morgan fingerprint density at radius 1 is 1.09 bits per heavy atom. The first-order valence-corrected chi connectivity index (χ1v) is 12.1. The van der Waals surface area contributed by atoms with Gasteiger partial charge in [0.05, 0.1) is 19.1 Å². The van der Waals surface area contributed by atoms with Gasteiger partial charge >= 0.3 is 5.97 Å². The molecule has 0 saturated carbocycles. The van der Waals surface area contributed by atoms with Gasteiger partial charge in [0, 0.05) is 25.4 Å². The molecule has 1 unspecified atom stereocenters. The number of methoxy groups -OCH3 is 1. The zero-order valence-electron chi connectivity index (χ0n) is 19.7. The maximum atomic E-state index is 14.1. The van der Waals surface area contributed by atoms with E-state index in [1.165, 1.54) is 0 Å². The number of ether oxygens (including phenoxy) is 3. The first-order chi connectivity index (χ1) is 17.0. The van der Waals surface area contributed by atoms with Gasteiger partial charge < -0.3 is 29.1 Å². The van der Waals surface area contributed by atoms with Crippen LogP contribution in [-0.4, -0.2) is 79.0 Å². The Morgan fingerprint density at radius 3 is 2.63 bits per heavy atom. The summed E-state index contributed by atoms with van der Waals surface area (Å²) in [6, 6.07) is 6.27. The molecule has 9 nitrogen and oxygen atoms in total. The third-order valence-electron chi connectivity index (χ3n) is 7.35. The van der Waals surface area contributed by atoms with Crippen LogP contribution in [0.3, 0.4) is 0 Å². The molecular weight excluding hydrogens is 452 g/mol. The zero-order valence-corrected chi connectivity index (χ0v) is 19.7. The highest BCUT2D eigenvalue weighted by molar-refractivity contribution is 6.05. The van der Waals surface area contributed by atoms with Crippen molar-refractivity contribution in [3.63, 3.8) is 0 Å². The number of fused-ring (bicyclic) bond motifs is 2. The van der Waals surface area contributed by atoms with Crippen molar-refractivity contribution >= 4 is 23.5 Å². The molecule has 4 aliphatic rings. The number of likely N-dealkylation sites (tertiary alicyclic amines) is 1. The summed E-state index contributed by atoms with van der Waals surface area (Å²) < 4.78 is 17.1. The highest BCUT2D eigenvalue weighted by Gasteiger charge is 2.71. The summed E-state index contributed by atoms with van der Waals surface area (Å²) in [5.41, 5.74) is -0.581. The number of carbonyl (C=O) groups is 3. The number of unbranched alkanes of at least 4 members (excludes halogenated alkanes) is 2. The molecule has 186 valence electrons. The molecule has 2 amide bonds. The minimum Gasteiger partial charge on any atom is -0.497 e. The summed E-state index contributed by atoms with van der Waals surface area (Å²) in [5, 5.41) is 9.15. The molecule has 0 radical (unpaired) electrons. The van der Waals surface area contributed by atoms with Crippen molar-refractivity contribution in [2.45, 2.75) is 37.0 Å². The molecular formula is C26H30N2O7. The fraction of sp³-hybridized carbons (Fsp3) is 0.500. The van der Waals surface area contributed by atoms with Crippen LogP contribution in [0.2, 0.25) is 0 Å². The van der Waals surface area contributed by atoms with Gasteiger partial charge in [0.15, 0.2) is 0 Å². The smallest absolute Gasteiger partial charge is 0.313 e. The normalized spacial score (nSPS) is 31.5. The van der Waals surface area contributed by atoms with E-state index in [1.807, 2.05) is 24.3 Å². The van der Waals surface area contributed by atoms with Crippen LogP contribution < -0.4 is 9.64 Å². The number of benzene rings is 1. The van der Waals surface area contributed by atoms with Crippen molar-refractivity contribution in [3.8, 4) is 5.75 Å². The van der Waals surface area contributed by atoms with E-state index in [0.717, 1.165) is 0 Å². The van der Waals surface area contributed by atoms with Crippen LogP contribution in [0.25, 0.3) is 0 Å². The van der Waals surface area contributed by atoms with Crippen LogP contribution in [0.15, 0.2) is 48.6 Å². The molecule has 1 aromatic rings. The van der Waals surface area contributed by atoms with Crippen molar-refractivity contribution in [1.29, 1.82) is 0 Å². The number of cyclic esters (lactones) is 1. The first kappa shape index (κ1) is 23.6. The first-order valence-electron chi connectivity index (χ1n) is 12.1. The Kier molecular flexibility index (Phi) is 6.37. The predicted molar refractivity (Wildman–Crippen MR) is 126 cm³/mol. The number of anilines is 1. The van der Waals surface area contributed by atoms with Gasteiger partial charge in [-0.1, -0.05) is 18.2 Å². The van der Waals surface area contributed by atoms with Gasteiger partial charge in [-0.3, -0.25) is 14.4 Å². The molecule has 35 heavy (non-hydrogen) atoms. The molecule has 4 heterocycles. The number of hydrogen-bond acceptors (Lipinski definition) is 7. The van der Waals surface area contributed by atoms with Crippen LogP contribution in [0.1, 0.15) is 19.3 Å². The Morgan fingerprint density at radius 2 is 1.89 bits per heavy atom. The number of amides is 2. The number of aliphatic hydroxyl groups excluding tert-OH is 1. The molecule has 4 aliphatic heterocycles. The largest absolute Gasteiger partial charge is 0.497 e. The van der Waals surface area contributed by atoms with Crippen LogP contribution in [0, 0.1) is 11.8 Å². The summed E-state index contributed by atoms with van der Waals surface area (Å²) in [5.74, 6) is -1.99. The lowest BCUT2D eigenvalue weighted by atomic mass is 9.78. The van der Waals surface area contributed by atoms with Crippen LogP contribution in [0.5, 0.6) is 5.75 Å². The third-order valence-corrected chi connectivity index (χ3v) is 7.35. The van der Waals surface area contributed by atoms with E-state index >= 15 is 0 Å².